The van der Waals surface area contributed by atoms with Crippen LogP contribution in [-0.4, -0.2) is 23.4 Å². The molecule has 0 aliphatic carbocycles. The van der Waals surface area contributed by atoms with Crippen LogP contribution in [0.2, 0.25) is 14.3 Å². The van der Waals surface area contributed by atoms with Gasteiger partial charge in [-0.1, -0.05) is 0 Å². The first-order valence-corrected chi connectivity index (χ1v) is 21.1. The first-order chi connectivity index (χ1) is 9.42. The van der Waals surface area contributed by atoms with Crippen LogP contribution >= 0.6 is 15.0 Å². The van der Waals surface area contributed by atoms with Gasteiger partial charge in [-0.05, 0) is 0 Å². The molecule has 0 aliphatic rings. The van der Waals surface area contributed by atoms with Gasteiger partial charge in [-0.3, -0.25) is 0 Å². The molecule has 20 heavy (non-hydrogen) atoms. The first kappa shape index (κ1) is 16.5. The van der Waals surface area contributed by atoms with Crippen LogP contribution in [0.1, 0.15) is 0 Å². The van der Waals surface area contributed by atoms with E-state index in [1.165, 1.54) is 10.6 Å². The average molecular weight is 430 g/mol. The molecule has 106 valence electrons. The Morgan fingerprint density at radius 1 is 0.900 bits per heavy atom. The van der Waals surface area contributed by atoms with Crippen LogP contribution in [0.3, 0.4) is 0 Å². The maximum atomic E-state index is 6.60. The molecule has 4 heteroatoms. The second-order valence-electron chi connectivity index (χ2n) is 5.60. The molecule has 0 nitrogen and oxygen atoms in total. The predicted octanol–water partition coefficient (Wildman–Crippen LogP) is 4.56. The van der Waals surface area contributed by atoms with Crippen LogP contribution in [0, 0.1) is 0 Å². The van der Waals surface area contributed by atoms with Crippen molar-refractivity contribution in [1.29, 1.82) is 0 Å². The quantitative estimate of drug-likeness (QED) is 0.496. The molecule has 0 radical (unpaired) electrons. The van der Waals surface area contributed by atoms with Crippen molar-refractivity contribution in [2.45, 2.75) is 14.3 Å². The van der Waals surface area contributed by atoms with Crippen molar-refractivity contribution in [3.8, 4) is 0 Å². The molecule has 0 saturated heterocycles. The molecule has 0 saturated carbocycles. The maximum absolute atomic E-state index is 6.60. The Bertz CT molecular complexity index is 549. The van der Waals surface area contributed by atoms with E-state index in [4.69, 9.17) is 20.7 Å². The second-order valence-corrected chi connectivity index (χ2v) is 28.5. The number of benzene rings is 2. The fraction of sp³-hybridized carbons (Fsp3) is 0.250. The standard InChI is InChI=1S/C14H14PS.2CH3.ClH.Sn/c1-2-15(16,13-9-5-3-6-10-13)14-11-7-4-8-12-14;;;;/h3-12H,1-2H2;2*1H3;1H;/q;;;;+1/p-1. The molecule has 0 aliphatic heterocycles. The van der Waals surface area contributed by atoms with Crippen molar-refractivity contribution in [2.75, 3.05) is 6.16 Å². The fourth-order valence-electron chi connectivity index (χ4n) is 2.17. The molecule has 0 heterocycles. The normalized spacial score (nSPS) is 12.3. The number of rotatable bonds is 5. The predicted molar refractivity (Wildman–Crippen MR) is 99.4 cm³/mol. The SMILES string of the molecule is [CH3][Sn]([CH3])([Cl])[CH2]CP(=S)(c1ccccc1)c1ccccc1. The van der Waals surface area contributed by atoms with Crippen molar-refractivity contribution < 1.29 is 0 Å². The van der Waals surface area contributed by atoms with E-state index in [2.05, 4.69) is 70.5 Å². The zero-order chi connectivity index (χ0) is 14.6. The van der Waals surface area contributed by atoms with Crippen molar-refractivity contribution in [3.63, 3.8) is 0 Å². The van der Waals surface area contributed by atoms with Gasteiger partial charge in [0.1, 0.15) is 0 Å². The molecule has 0 unspecified atom stereocenters. The molecular formula is C16H20ClPSSn. The summed E-state index contributed by atoms with van der Waals surface area (Å²) >= 11 is 3.87. The molecule has 0 amide bonds. The molecule has 0 aromatic heterocycles. The molecule has 2 rings (SSSR count). The van der Waals surface area contributed by atoms with E-state index < -0.39 is 23.3 Å². The van der Waals surface area contributed by atoms with Crippen LogP contribution in [0.5, 0.6) is 0 Å². The van der Waals surface area contributed by atoms with Gasteiger partial charge < -0.3 is 0 Å². The Morgan fingerprint density at radius 3 is 1.65 bits per heavy atom. The molecule has 0 bridgehead atoms. The van der Waals surface area contributed by atoms with E-state index in [0.717, 1.165) is 10.6 Å². The third kappa shape index (κ3) is 4.33. The van der Waals surface area contributed by atoms with Crippen molar-refractivity contribution >= 4 is 54.6 Å². The molecule has 0 N–H and O–H groups in total. The Kier molecular flexibility index (Phi) is 5.76. The summed E-state index contributed by atoms with van der Waals surface area (Å²) in [7, 11) is 6.60. The topological polar surface area (TPSA) is 0 Å². The summed E-state index contributed by atoms with van der Waals surface area (Å²) in [6.45, 7) is 0. The van der Waals surface area contributed by atoms with Crippen molar-refractivity contribution in [2.24, 2.45) is 0 Å². The van der Waals surface area contributed by atoms with E-state index in [-0.39, 0.29) is 0 Å². The molecule has 0 fully saturated rings. The Morgan fingerprint density at radius 2 is 1.30 bits per heavy atom. The minimum atomic E-state index is -2.32. The summed E-state index contributed by atoms with van der Waals surface area (Å²) in [6.07, 6.45) is 1.06. The van der Waals surface area contributed by atoms with E-state index >= 15 is 0 Å². The Balaban J connectivity index is 2.42. The molecule has 2 aromatic carbocycles. The van der Waals surface area contributed by atoms with Gasteiger partial charge in [-0.15, -0.1) is 0 Å². The first-order valence-electron chi connectivity index (χ1n) is 6.81. The summed E-state index contributed by atoms with van der Waals surface area (Å²) in [5.74, 6) is 0. The van der Waals surface area contributed by atoms with E-state index in [1.807, 2.05) is 0 Å². The van der Waals surface area contributed by atoms with Crippen LogP contribution in [-0.2, 0) is 11.8 Å². The number of hydrogen-bond acceptors (Lipinski definition) is 1. The van der Waals surface area contributed by atoms with Gasteiger partial charge in [0.05, 0.1) is 0 Å². The fourth-order valence-corrected chi connectivity index (χ4v) is 16.7. The number of halogens is 1. The monoisotopic (exact) mass is 430 g/mol. The van der Waals surface area contributed by atoms with Crippen LogP contribution < -0.4 is 10.6 Å². The summed E-state index contributed by atoms with van der Waals surface area (Å²) in [6, 6.07) is 19.5. The second kappa shape index (κ2) is 6.96. The molecular weight excluding hydrogens is 409 g/mol. The van der Waals surface area contributed by atoms with Crippen molar-refractivity contribution in [1.82, 2.24) is 0 Å². The zero-order valence-corrected chi connectivity index (χ0v) is 17.2. The summed E-state index contributed by atoms with van der Waals surface area (Å²) in [5.41, 5.74) is 0. The van der Waals surface area contributed by atoms with Gasteiger partial charge in [-0.25, -0.2) is 0 Å². The van der Waals surface area contributed by atoms with Crippen LogP contribution in [0.15, 0.2) is 60.7 Å². The van der Waals surface area contributed by atoms with E-state index in [1.54, 1.807) is 0 Å². The van der Waals surface area contributed by atoms with E-state index in [9.17, 15) is 0 Å². The average Bonchev–Trinajstić information content (AvgIpc) is 2.46. The van der Waals surface area contributed by atoms with Gasteiger partial charge in [0, 0.05) is 0 Å². The van der Waals surface area contributed by atoms with Gasteiger partial charge in [0.2, 0.25) is 0 Å². The van der Waals surface area contributed by atoms with E-state index in [0.29, 0.717) is 0 Å². The Hall–Kier alpha value is 0.179. The van der Waals surface area contributed by atoms with Gasteiger partial charge in [0.15, 0.2) is 0 Å². The van der Waals surface area contributed by atoms with Crippen LogP contribution in [0.4, 0.5) is 0 Å². The summed E-state index contributed by atoms with van der Waals surface area (Å²) < 4.78 is 1.14. The zero-order valence-electron chi connectivity index (χ0n) is 11.9. The van der Waals surface area contributed by atoms with Crippen LogP contribution in [0.25, 0.3) is 0 Å². The Labute approximate surface area is 135 Å². The molecule has 0 atom stereocenters. The number of hydrogen-bond donors (Lipinski definition) is 0. The van der Waals surface area contributed by atoms with Gasteiger partial charge in [-0.2, -0.15) is 0 Å². The summed E-state index contributed by atoms with van der Waals surface area (Å²) in [4.78, 5) is 4.54. The third-order valence-electron chi connectivity index (χ3n) is 3.37. The third-order valence-corrected chi connectivity index (χ3v) is 14.9. The minimum absolute atomic E-state index is 1.06. The molecule has 0 spiro atoms. The van der Waals surface area contributed by atoms with Gasteiger partial charge >= 0.3 is 136 Å². The molecule has 2 aromatic rings. The summed E-state index contributed by atoms with van der Waals surface area (Å²) in [5, 5.41) is 2.63. The van der Waals surface area contributed by atoms with Gasteiger partial charge in [0.25, 0.3) is 0 Å². The van der Waals surface area contributed by atoms with Crippen molar-refractivity contribution in [3.05, 3.63) is 60.7 Å².